The first kappa shape index (κ1) is 17.6. The van der Waals surface area contributed by atoms with Crippen molar-refractivity contribution in [2.75, 3.05) is 0 Å². The van der Waals surface area contributed by atoms with Gasteiger partial charge in [-0.05, 0) is 64.8 Å². The number of benzene rings is 3. The van der Waals surface area contributed by atoms with Crippen LogP contribution in [-0.2, 0) is 5.41 Å². The van der Waals surface area contributed by atoms with Crippen molar-refractivity contribution in [1.29, 1.82) is 0 Å². The summed E-state index contributed by atoms with van der Waals surface area (Å²) in [6, 6.07) is 23.5. The van der Waals surface area contributed by atoms with Gasteiger partial charge in [0.25, 0.3) is 0 Å². The topological polar surface area (TPSA) is 20.2 Å². The van der Waals surface area contributed by atoms with Crippen LogP contribution in [0.25, 0.3) is 5.57 Å². The average Bonchev–Trinajstić information content (AvgIpc) is 3.04. The molecule has 0 fully saturated rings. The van der Waals surface area contributed by atoms with Crippen LogP contribution in [0.4, 0.5) is 0 Å². The molecule has 1 aliphatic rings. The first-order valence-electron chi connectivity index (χ1n) is 9.64. The van der Waals surface area contributed by atoms with Crippen molar-refractivity contribution in [3.63, 3.8) is 0 Å². The van der Waals surface area contributed by atoms with E-state index in [0.717, 1.165) is 11.1 Å². The van der Waals surface area contributed by atoms with E-state index in [2.05, 4.69) is 93.6 Å². The number of fused-ring (bicyclic) bond motifs is 1. The van der Waals surface area contributed by atoms with Crippen LogP contribution in [0.3, 0.4) is 0 Å². The fourth-order valence-electron chi connectivity index (χ4n) is 4.68. The minimum absolute atomic E-state index is 0.253. The number of aromatic hydroxyl groups is 1. The Balaban J connectivity index is 2.12. The number of phenolic OH excluding ortho intramolecular Hbond substituents is 1. The summed E-state index contributed by atoms with van der Waals surface area (Å²) in [4.78, 5) is 0. The zero-order valence-corrected chi connectivity index (χ0v) is 16.5. The van der Waals surface area contributed by atoms with Gasteiger partial charge in [-0.25, -0.2) is 0 Å². The van der Waals surface area contributed by atoms with Gasteiger partial charge in [-0.15, -0.1) is 0 Å². The third-order valence-corrected chi connectivity index (χ3v) is 6.06. The fraction of sp³-hybridized carbons (Fsp3) is 0.231. The SMILES string of the molecule is Cc1cc2c(c(C)c1O)C(c1ccccc1)(C(C)C)C=C2c1ccccc1. The quantitative estimate of drug-likeness (QED) is 0.577. The zero-order valence-electron chi connectivity index (χ0n) is 16.5. The second-order valence-corrected chi connectivity index (χ2v) is 7.90. The van der Waals surface area contributed by atoms with Crippen LogP contribution in [0, 0.1) is 19.8 Å². The smallest absolute Gasteiger partial charge is 0.121 e. The first-order chi connectivity index (χ1) is 13.0. The Labute approximate surface area is 162 Å². The monoisotopic (exact) mass is 354 g/mol. The Bertz CT molecular complexity index is 1010. The van der Waals surface area contributed by atoms with E-state index in [1.54, 1.807) is 0 Å². The van der Waals surface area contributed by atoms with Gasteiger partial charge in [-0.1, -0.05) is 80.6 Å². The number of hydrogen-bond donors (Lipinski definition) is 1. The van der Waals surface area contributed by atoms with Crippen molar-refractivity contribution in [1.82, 2.24) is 0 Å². The number of allylic oxidation sites excluding steroid dienone is 1. The van der Waals surface area contributed by atoms with E-state index < -0.39 is 0 Å². The summed E-state index contributed by atoms with van der Waals surface area (Å²) in [5.41, 5.74) is 7.91. The summed E-state index contributed by atoms with van der Waals surface area (Å²) in [5.74, 6) is 0.762. The molecule has 0 heterocycles. The van der Waals surface area contributed by atoms with Gasteiger partial charge >= 0.3 is 0 Å². The van der Waals surface area contributed by atoms with Crippen LogP contribution < -0.4 is 0 Å². The maximum atomic E-state index is 10.8. The van der Waals surface area contributed by atoms with Crippen LogP contribution in [0.15, 0.2) is 72.8 Å². The molecule has 3 aromatic rings. The van der Waals surface area contributed by atoms with Crippen LogP contribution in [0.2, 0.25) is 0 Å². The van der Waals surface area contributed by atoms with Crippen molar-refractivity contribution in [2.45, 2.75) is 33.1 Å². The largest absolute Gasteiger partial charge is 0.507 e. The highest BCUT2D eigenvalue weighted by atomic mass is 16.3. The summed E-state index contributed by atoms with van der Waals surface area (Å²) in [6.45, 7) is 8.60. The van der Waals surface area contributed by atoms with Crippen LogP contribution >= 0.6 is 0 Å². The molecule has 4 rings (SSSR count). The van der Waals surface area contributed by atoms with Gasteiger partial charge in [0.1, 0.15) is 5.75 Å². The lowest BCUT2D eigenvalue weighted by atomic mass is 9.67. The van der Waals surface area contributed by atoms with Gasteiger partial charge in [0, 0.05) is 5.41 Å². The van der Waals surface area contributed by atoms with Crippen LogP contribution in [0.1, 0.15) is 47.2 Å². The highest BCUT2D eigenvalue weighted by Gasteiger charge is 2.44. The van der Waals surface area contributed by atoms with Crippen molar-refractivity contribution >= 4 is 5.57 Å². The molecule has 1 N–H and O–H groups in total. The Morgan fingerprint density at radius 2 is 1.44 bits per heavy atom. The van der Waals surface area contributed by atoms with Crippen LogP contribution in [0.5, 0.6) is 5.75 Å². The van der Waals surface area contributed by atoms with E-state index in [1.165, 1.54) is 27.8 Å². The Hall–Kier alpha value is -2.80. The van der Waals surface area contributed by atoms with E-state index in [-0.39, 0.29) is 5.41 Å². The molecule has 0 amide bonds. The summed E-state index contributed by atoms with van der Waals surface area (Å²) in [5, 5.41) is 10.8. The number of aryl methyl sites for hydroxylation is 1. The van der Waals surface area contributed by atoms with Gasteiger partial charge in [0.2, 0.25) is 0 Å². The third kappa shape index (κ3) is 2.53. The molecule has 0 aliphatic heterocycles. The molecule has 136 valence electrons. The summed E-state index contributed by atoms with van der Waals surface area (Å²) >= 11 is 0. The first-order valence-corrected chi connectivity index (χ1v) is 9.64. The standard InChI is InChI=1S/C26H26O/c1-17(2)26(21-13-9-6-10-14-21)16-23(20-11-7-5-8-12-20)22-15-18(3)25(27)19(4)24(22)26/h5-17,27H,1-4H3. The molecule has 0 spiro atoms. The predicted octanol–water partition coefficient (Wildman–Crippen LogP) is 6.40. The van der Waals surface area contributed by atoms with Gasteiger partial charge in [-0.2, -0.15) is 0 Å². The highest BCUT2D eigenvalue weighted by Crippen LogP contribution is 2.54. The van der Waals surface area contributed by atoms with E-state index >= 15 is 0 Å². The summed E-state index contributed by atoms with van der Waals surface area (Å²) in [6.07, 6.45) is 2.43. The number of rotatable bonds is 3. The highest BCUT2D eigenvalue weighted by molar-refractivity contribution is 5.90. The molecule has 0 aromatic heterocycles. The van der Waals surface area contributed by atoms with E-state index in [4.69, 9.17) is 0 Å². The molecule has 1 aliphatic carbocycles. The molecular weight excluding hydrogens is 328 g/mol. The van der Waals surface area contributed by atoms with E-state index in [9.17, 15) is 5.11 Å². The molecule has 1 unspecified atom stereocenters. The maximum absolute atomic E-state index is 10.8. The lowest BCUT2D eigenvalue weighted by Gasteiger charge is -2.35. The summed E-state index contributed by atoms with van der Waals surface area (Å²) in [7, 11) is 0. The molecule has 0 saturated carbocycles. The lowest BCUT2D eigenvalue weighted by molar-refractivity contribution is 0.441. The van der Waals surface area contributed by atoms with E-state index in [1.807, 2.05) is 6.92 Å². The van der Waals surface area contributed by atoms with Gasteiger partial charge in [0.05, 0.1) is 0 Å². The second-order valence-electron chi connectivity index (χ2n) is 7.90. The Morgan fingerprint density at radius 1 is 0.852 bits per heavy atom. The van der Waals surface area contributed by atoms with Gasteiger partial charge in [0.15, 0.2) is 0 Å². The molecule has 0 bridgehead atoms. The minimum Gasteiger partial charge on any atom is -0.507 e. The number of hydrogen-bond acceptors (Lipinski definition) is 1. The Morgan fingerprint density at radius 3 is 2.04 bits per heavy atom. The van der Waals surface area contributed by atoms with E-state index in [0.29, 0.717) is 11.7 Å². The maximum Gasteiger partial charge on any atom is 0.121 e. The minimum atomic E-state index is -0.253. The fourth-order valence-corrected chi connectivity index (χ4v) is 4.68. The molecule has 0 saturated heterocycles. The Kier molecular flexibility index (Phi) is 4.19. The van der Waals surface area contributed by atoms with Crippen molar-refractivity contribution < 1.29 is 5.11 Å². The van der Waals surface area contributed by atoms with Crippen molar-refractivity contribution in [3.05, 3.63) is 106 Å². The lowest BCUT2D eigenvalue weighted by Crippen LogP contribution is -2.31. The third-order valence-electron chi connectivity index (χ3n) is 6.06. The second kappa shape index (κ2) is 6.42. The average molecular weight is 354 g/mol. The zero-order chi connectivity index (χ0) is 19.2. The van der Waals surface area contributed by atoms with Gasteiger partial charge < -0.3 is 5.11 Å². The molecule has 27 heavy (non-hydrogen) atoms. The molecule has 3 aromatic carbocycles. The molecular formula is C26H26O. The molecule has 1 atom stereocenters. The van der Waals surface area contributed by atoms with Crippen LogP contribution in [-0.4, -0.2) is 5.11 Å². The normalized spacial score (nSPS) is 18.5. The molecule has 1 nitrogen and oxygen atoms in total. The van der Waals surface area contributed by atoms with Gasteiger partial charge in [-0.3, -0.25) is 0 Å². The predicted molar refractivity (Wildman–Crippen MR) is 113 cm³/mol. The van der Waals surface area contributed by atoms with Crippen molar-refractivity contribution in [2.24, 2.45) is 5.92 Å². The summed E-state index contributed by atoms with van der Waals surface area (Å²) < 4.78 is 0. The molecule has 0 radical (unpaired) electrons. The van der Waals surface area contributed by atoms with Crippen molar-refractivity contribution in [3.8, 4) is 5.75 Å². The number of phenols is 1. The molecule has 1 heteroatoms.